The second-order valence-corrected chi connectivity index (χ2v) is 9.55. The standard InChI is InChI=1S/C33H27N/c1-33(2)30-16-10-9-15-28(30)29-20-18-26(22-31(29)33)34-32-21-25(23-11-5-3-6-12-23)17-19-27(32)24-13-7-4-8-14-24/h3-22,34H,1-2H3. The van der Waals surface area contributed by atoms with Crippen LogP contribution in [0.15, 0.2) is 121 Å². The van der Waals surface area contributed by atoms with Gasteiger partial charge in [-0.15, -0.1) is 0 Å². The van der Waals surface area contributed by atoms with Crippen LogP contribution >= 0.6 is 0 Å². The van der Waals surface area contributed by atoms with Gasteiger partial charge in [0.15, 0.2) is 0 Å². The van der Waals surface area contributed by atoms with Crippen molar-refractivity contribution in [2.24, 2.45) is 0 Å². The number of hydrogen-bond donors (Lipinski definition) is 1. The molecule has 0 fully saturated rings. The lowest BCUT2D eigenvalue weighted by atomic mass is 9.82. The fraction of sp³-hybridized carbons (Fsp3) is 0.0909. The molecule has 0 saturated heterocycles. The highest BCUT2D eigenvalue weighted by Gasteiger charge is 2.35. The van der Waals surface area contributed by atoms with Crippen molar-refractivity contribution < 1.29 is 0 Å². The van der Waals surface area contributed by atoms with E-state index >= 15 is 0 Å². The molecular formula is C33H27N. The molecule has 1 N–H and O–H groups in total. The number of benzene rings is 5. The molecule has 0 amide bonds. The number of rotatable bonds is 4. The van der Waals surface area contributed by atoms with Crippen molar-refractivity contribution in [3.63, 3.8) is 0 Å². The monoisotopic (exact) mass is 437 g/mol. The fourth-order valence-corrected chi connectivity index (χ4v) is 5.26. The molecule has 1 heteroatoms. The summed E-state index contributed by atoms with van der Waals surface area (Å²) in [4.78, 5) is 0. The van der Waals surface area contributed by atoms with E-state index in [9.17, 15) is 0 Å². The van der Waals surface area contributed by atoms with Crippen molar-refractivity contribution in [1.82, 2.24) is 0 Å². The van der Waals surface area contributed by atoms with Gasteiger partial charge in [0, 0.05) is 22.4 Å². The summed E-state index contributed by atoms with van der Waals surface area (Å²) in [6.07, 6.45) is 0. The van der Waals surface area contributed by atoms with E-state index in [2.05, 4.69) is 140 Å². The second-order valence-electron chi connectivity index (χ2n) is 9.55. The molecule has 34 heavy (non-hydrogen) atoms. The Bertz CT molecular complexity index is 1480. The predicted octanol–water partition coefficient (Wildman–Crippen LogP) is 9.07. The third-order valence-electron chi connectivity index (χ3n) is 7.07. The third kappa shape index (κ3) is 3.41. The second kappa shape index (κ2) is 8.04. The number of anilines is 2. The summed E-state index contributed by atoms with van der Waals surface area (Å²) in [7, 11) is 0. The smallest absolute Gasteiger partial charge is 0.0470 e. The Hall–Kier alpha value is -4.10. The lowest BCUT2D eigenvalue weighted by Gasteiger charge is -2.22. The van der Waals surface area contributed by atoms with Crippen molar-refractivity contribution in [1.29, 1.82) is 0 Å². The van der Waals surface area contributed by atoms with Gasteiger partial charge in [0.05, 0.1) is 0 Å². The molecule has 1 aliphatic rings. The highest BCUT2D eigenvalue weighted by Crippen LogP contribution is 2.49. The highest BCUT2D eigenvalue weighted by atomic mass is 14.9. The average Bonchev–Trinajstić information content (AvgIpc) is 3.12. The summed E-state index contributed by atoms with van der Waals surface area (Å²) in [6.45, 7) is 4.65. The van der Waals surface area contributed by atoms with Crippen LogP contribution in [0.2, 0.25) is 0 Å². The van der Waals surface area contributed by atoms with Crippen molar-refractivity contribution >= 4 is 11.4 Å². The predicted molar refractivity (Wildman–Crippen MR) is 145 cm³/mol. The zero-order chi connectivity index (χ0) is 23.1. The lowest BCUT2D eigenvalue weighted by molar-refractivity contribution is 0.660. The molecule has 0 unspecified atom stereocenters. The molecule has 0 spiro atoms. The Morgan fingerprint density at radius 1 is 0.471 bits per heavy atom. The van der Waals surface area contributed by atoms with Crippen molar-refractivity contribution in [2.75, 3.05) is 5.32 Å². The maximum Gasteiger partial charge on any atom is 0.0470 e. The number of fused-ring (bicyclic) bond motifs is 3. The Morgan fingerprint density at radius 3 is 1.85 bits per heavy atom. The number of hydrogen-bond acceptors (Lipinski definition) is 1. The molecule has 5 aromatic carbocycles. The molecule has 164 valence electrons. The maximum absolute atomic E-state index is 3.78. The molecule has 0 heterocycles. The van der Waals surface area contributed by atoms with E-state index in [0.717, 1.165) is 11.4 Å². The van der Waals surface area contributed by atoms with Gasteiger partial charge in [-0.3, -0.25) is 0 Å². The van der Waals surface area contributed by atoms with E-state index in [1.807, 2.05) is 0 Å². The first-order valence-electron chi connectivity index (χ1n) is 11.9. The quantitative estimate of drug-likeness (QED) is 0.296. The molecule has 5 aromatic rings. The van der Waals surface area contributed by atoms with E-state index < -0.39 is 0 Å². The van der Waals surface area contributed by atoms with Gasteiger partial charge in [-0.1, -0.05) is 117 Å². The van der Waals surface area contributed by atoms with Crippen LogP contribution in [-0.4, -0.2) is 0 Å². The van der Waals surface area contributed by atoms with Gasteiger partial charge in [-0.05, 0) is 57.1 Å². The van der Waals surface area contributed by atoms with Crippen LogP contribution in [0.4, 0.5) is 11.4 Å². The molecule has 0 radical (unpaired) electrons. The average molecular weight is 438 g/mol. The normalized spacial score (nSPS) is 13.2. The van der Waals surface area contributed by atoms with E-state index in [0.29, 0.717) is 0 Å². The lowest BCUT2D eigenvalue weighted by Crippen LogP contribution is -2.15. The number of nitrogens with one attached hydrogen (secondary N) is 1. The summed E-state index contributed by atoms with van der Waals surface area (Å²) in [5, 5.41) is 3.78. The van der Waals surface area contributed by atoms with Crippen LogP contribution in [0, 0.1) is 0 Å². The van der Waals surface area contributed by atoms with Crippen LogP contribution < -0.4 is 5.32 Å². The molecule has 1 nitrogen and oxygen atoms in total. The zero-order valence-electron chi connectivity index (χ0n) is 19.5. The zero-order valence-corrected chi connectivity index (χ0v) is 19.5. The first kappa shape index (κ1) is 20.5. The first-order chi connectivity index (χ1) is 16.6. The third-order valence-corrected chi connectivity index (χ3v) is 7.07. The first-order valence-corrected chi connectivity index (χ1v) is 11.9. The Balaban J connectivity index is 1.45. The topological polar surface area (TPSA) is 12.0 Å². The minimum Gasteiger partial charge on any atom is -0.355 e. The minimum atomic E-state index is -0.0161. The summed E-state index contributed by atoms with van der Waals surface area (Å²) in [6, 6.07) is 43.5. The highest BCUT2D eigenvalue weighted by molar-refractivity contribution is 5.87. The van der Waals surface area contributed by atoms with Crippen LogP contribution in [0.5, 0.6) is 0 Å². The van der Waals surface area contributed by atoms with Gasteiger partial charge >= 0.3 is 0 Å². The van der Waals surface area contributed by atoms with Gasteiger partial charge in [0.2, 0.25) is 0 Å². The molecule has 0 aliphatic heterocycles. The maximum atomic E-state index is 3.78. The van der Waals surface area contributed by atoms with Gasteiger partial charge < -0.3 is 5.32 Å². The van der Waals surface area contributed by atoms with Gasteiger partial charge in [0.25, 0.3) is 0 Å². The Morgan fingerprint density at radius 2 is 1.09 bits per heavy atom. The molecule has 1 aliphatic carbocycles. The molecular weight excluding hydrogens is 410 g/mol. The van der Waals surface area contributed by atoms with Crippen LogP contribution in [0.3, 0.4) is 0 Å². The Kier molecular flexibility index (Phi) is 4.85. The minimum absolute atomic E-state index is 0.0161. The summed E-state index contributed by atoms with van der Waals surface area (Å²) >= 11 is 0. The summed E-state index contributed by atoms with van der Waals surface area (Å²) in [5.41, 5.74) is 12.5. The Labute approximate surface area is 201 Å². The van der Waals surface area contributed by atoms with Crippen molar-refractivity contribution in [3.05, 3.63) is 132 Å². The fourth-order valence-electron chi connectivity index (χ4n) is 5.26. The van der Waals surface area contributed by atoms with Gasteiger partial charge in [-0.2, -0.15) is 0 Å². The van der Waals surface area contributed by atoms with Crippen molar-refractivity contribution in [2.45, 2.75) is 19.3 Å². The molecule has 0 atom stereocenters. The molecule has 0 aromatic heterocycles. The molecule has 0 saturated carbocycles. The van der Waals surface area contributed by atoms with E-state index in [1.165, 1.54) is 44.5 Å². The van der Waals surface area contributed by atoms with E-state index in [-0.39, 0.29) is 5.41 Å². The molecule has 0 bridgehead atoms. The SMILES string of the molecule is CC1(C)c2ccccc2-c2ccc(Nc3cc(-c4ccccc4)ccc3-c3ccccc3)cc21. The van der Waals surface area contributed by atoms with Crippen LogP contribution in [0.1, 0.15) is 25.0 Å². The largest absolute Gasteiger partial charge is 0.355 e. The van der Waals surface area contributed by atoms with E-state index in [4.69, 9.17) is 0 Å². The van der Waals surface area contributed by atoms with Gasteiger partial charge in [-0.25, -0.2) is 0 Å². The van der Waals surface area contributed by atoms with E-state index in [1.54, 1.807) is 0 Å². The van der Waals surface area contributed by atoms with Crippen LogP contribution in [-0.2, 0) is 5.41 Å². The summed E-state index contributed by atoms with van der Waals surface area (Å²) < 4.78 is 0. The molecule has 6 rings (SSSR count). The summed E-state index contributed by atoms with van der Waals surface area (Å²) in [5.74, 6) is 0. The van der Waals surface area contributed by atoms with Crippen LogP contribution in [0.25, 0.3) is 33.4 Å². The van der Waals surface area contributed by atoms with Gasteiger partial charge in [0.1, 0.15) is 0 Å². The van der Waals surface area contributed by atoms with Crippen molar-refractivity contribution in [3.8, 4) is 33.4 Å².